The molecule has 0 bridgehead atoms. The molecule has 35 heavy (non-hydrogen) atoms. The third-order valence-electron chi connectivity index (χ3n) is 6.40. The Balaban J connectivity index is 1.79. The Bertz CT molecular complexity index is 1110. The van der Waals surface area contributed by atoms with Crippen molar-refractivity contribution in [2.45, 2.75) is 6.04 Å². The van der Waals surface area contributed by atoms with Crippen molar-refractivity contribution in [2.24, 2.45) is 0 Å². The van der Waals surface area contributed by atoms with Gasteiger partial charge in [0.25, 0.3) is 11.7 Å². The topological polar surface area (TPSA) is 97.8 Å². The third kappa shape index (κ3) is 4.96. The second-order valence-electron chi connectivity index (χ2n) is 8.28. The fraction of sp³-hybridized carbons (Fsp3) is 0.385. The van der Waals surface area contributed by atoms with Gasteiger partial charge < -0.3 is 29.0 Å². The van der Waals surface area contributed by atoms with Crippen molar-refractivity contribution < 1.29 is 33.6 Å². The minimum atomic E-state index is -0.820. The fourth-order valence-electron chi connectivity index (χ4n) is 4.46. The zero-order valence-electron chi connectivity index (χ0n) is 20.2. The summed E-state index contributed by atoms with van der Waals surface area (Å²) in [6, 6.07) is 11.1. The van der Waals surface area contributed by atoms with E-state index in [2.05, 4.69) is 4.90 Å². The van der Waals surface area contributed by atoms with E-state index >= 15 is 0 Å². The summed E-state index contributed by atoms with van der Waals surface area (Å²) >= 11 is 0. The fourth-order valence-corrected chi connectivity index (χ4v) is 4.46. The van der Waals surface area contributed by atoms with E-state index in [1.165, 1.54) is 12.0 Å². The van der Waals surface area contributed by atoms with Crippen LogP contribution in [0.4, 0.5) is 0 Å². The van der Waals surface area contributed by atoms with Crippen LogP contribution in [0.5, 0.6) is 17.2 Å². The lowest BCUT2D eigenvalue weighted by Gasteiger charge is -2.31. The number of rotatable bonds is 8. The average molecular weight is 483 g/mol. The second kappa shape index (κ2) is 10.8. The summed E-state index contributed by atoms with van der Waals surface area (Å²) in [5.74, 6) is 0.00210. The molecule has 2 aromatic carbocycles. The molecule has 1 atom stereocenters. The van der Waals surface area contributed by atoms with Crippen molar-refractivity contribution >= 4 is 17.4 Å². The van der Waals surface area contributed by atoms with Gasteiger partial charge in [-0.05, 0) is 36.4 Å². The Kier molecular flexibility index (Phi) is 7.57. The smallest absolute Gasteiger partial charge is 0.295 e. The van der Waals surface area contributed by atoms with Gasteiger partial charge in [-0.2, -0.15) is 0 Å². The Labute approximate surface area is 204 Å². The number of hydrogen-bond donors (Lipinski definition) is 1. The average Bonchev–Trinajstić information content (AvgIpc) is 3.16. The Morgan fingerprint density at radius 1 is 0.943 bits per heavy atom. The molecule has 2 aromatic rings. The summed E-state index contributed by atoms with van der Waals surface area (Å²) < 4.78 is 21.5. The van der Waals surface area contributed by atoms with Crippen molar-refractivity contribution in [3.05, 3.63) is 59.2 Å². The lowest BCUT2D eigenvalue weighted by Crippen LogP contribution is -2.42. The lowest BCUT2D eigenvalue weighted by molar-refractivity contribution is -0.140. The van der Waals surface area contributed by atoms with Crippen LogP contribution < -0.4 is 14.2 Å². The van der Waals surface area contributed by atoms with Crippen LogP contribution in [0.3, 0.4) is 0 Å². The van der Waals surface area contributed by atoms with Gasteiger partial charge in [-0.1, -0.05) is 0 Å². The van der Waals surface area contributed by atoms with Crippen LogP contribution in [0.25, 0.3) is 5.76 Å². The monoisotopic (exact) mass is 482 g/mol. The van der Waals surface area contributed by atoms with Gasteiger partial charge in [0.1, 0.15) is 23.0 Å². The quantitative estimate of drug-likeness (QED) is 0.348. The summed E-state index contributed by atoms with van der Waals surface area (Å²) in [4.78, 5) is 30.2. The number of likely N-dealkylation sites (tertiary alicyclic amines) is 1. The molecular formula is C26H30N2O7. The summed E-state index contributed by atoms with van der Waals surface area (Å²) in [5, 5.41) is 11.2. The number of aliphatic hydroxyl groups excluding tert-OH is 1. The number of hydrogen-bond acceptors (Lipinski definition) is 8. The minimum Gasteiger partial charge on any atom is -0.507 e. The number of Topliss-reactive ketones (excluding diaryl/α,β-unsaturated/α-hetero) is 1. The van der Waals surface area contributed by atoms with Gasteiger partial charge in [0, 0.05) is 43.4 Å². The molecule has 1 N–H and O–H groups in total. The highest BCUT2D eigenvalue weighted by Gasteiger charge is 2.47. The summed E-state index contributed by atoms with van der Waals surface area (Å²) in [6.07, 6.45) is 0. The van der Waals surface area contributed by atoms with Crippen LogP contribution >= 0.6 is 0 Å². The molecule has 0 spiro atoms. The molecule has 0 radical (unpaired) electrons. The second-order valence-corrected chi connectivity index (χ2v) is 8.28. The SMILES string of the molecule is COc1ccc(/C(O)=C2\C(=O)C(=O)N(CCN3CCOCC3)[C@@H]2c2ccc(OC)cc2OC)cc1. The molecule has 2 heterocycles. The van der Waals surface area contributed by atoms with Crippen molar-refractivity contribution in [3.63, 3.8) is 0 Å². The molecule has 2 aliphatic heterocycles. The minimum absolute atomic E-state index is 0.0191. The first-order chi connectivity index (χ1) is 17.0. The van der Waals surface area contributed by atoms with Crippen LogP contribution in [0, 0.1) is 0 Å². The van der Waals surface area contributed by atoms with E-state index in [1.807, 2.05) is 0 Å². The molecule has 0 aliphatic carbocycles. The van der Waals surface area contributed by atoms with Gasteiger partial charge in [-0.15, -0.1) is 0 Å². The van der Waals surface area contributed by atoms with Crippen molar-refractivity contribution in [1.82, 2.24) is 9.80 Å². The van der Waals surface area contributed by atoms with Gasteiger partial charge in [-0.25, -0.2) is 0 Å². The summed E-state index contributed by atoms with van der Waals surface area (Å²) in [5.41, 5.74) is 1.02. The highest BCUT2D eigenvalue weighted by atomic mass is 16.5. The zero-order valence-corrected chi connectivity index (χ0v) is 20.2. The molecule has 186 valence electrons. The first kappa shape index (κ1) is 24.6. The Morgan fingerprint density at radius 2 is 1.60 bits per heavy atom. The molecule has 9 nitrogen and oxygen atoms in total. The number of nitrogens with zero attached hydrogens (tertiary/aromatic N) is 2. The summed E-state index contributed by atoms with van der Waals surface area (Å²) in [6.45, 7) is 3.66. The van der Waals surface area contributed by atoms with Gasteiger partial charge >= 0.3 is 0 Å². The zero-order chi connectivity index (χ0) is 24.9. The van der Waals surface area contributed by atoms with Crippen molar-refractivity contribution in [1.29, 1.82) is 0 Å². The number of amides is 1. The molecule has 0 aromatic heterocycles. The number of carbonyl (C=O) groups is 2. The first-order valence-electron chi connectivity index (χ1n) is 11.4. The van der Waals surface area contributed by atoms with Crippen LogP contribution in [-0.4, -0.2) is 87.3 Å². The predicted octanol–water partition coefficient (Wildman–Crippen LogP) is 2.47. The number of ketones is 1. The van der Waals surface area contributed by atoms with E-state index in [4.69, 9.17) is 18.9 Å². The molecule has 4 rings (SSSR count). The molecule has 0 saturated carbocycles. The van der Waals surface area contributed by atoms with Crippen LogP contribution in [0.1, 0.15) is 17.2 Å². The van der Waals surface area contributed by atoms with Crippen LogP contribution in [0.15, 0.2) is 48.0 Å². The number of methoxy groups -OCH3 is 3. The van der Waals surface area contributed by atoms with E-state index in [-0.39, 0.29) is 11.3 Å². The van der Waals surface area contributed by atoms with Crippen LogP contribution in [-0.2, 0) is 14.3 Å². The molecular weight excluding hydrogens is 452 g/mol. The van der Waals surface area contributed by atoms with Crippen molar-refractivity contribution in [3.8, 4) is 17.2 Å². The van der Waals surface area contributed by atoms with E-state index in [9.17, 15) is 14.7 Å². The molecule has 2 saturated heterocycles. The Morgan fingerprint density at radius 3 is 2.23 bits per heavy atom. The molecule has 2 aliphatic rings. The highest BCUT2D eigenvalue weighted by molar-refractivity contribution is 6.46. The number of morpholine rings is 1. The van der Waals surface area contributed by atoms with Gasteiger partial charge in [0.05, 0.1) is 46.2 Å². The van der Waals surface area contributed by atoms with E-state index < -0.39 is 17.7 Å². The Hall–Kier alpha value is -3.56. The maximum atomic E-state index is 13.3. The highest BCUT2D eigenvalue weighted by Crippen LogP contribution is 2.43. The molecule has 2 fully saturated rings. The van der Waals surface area contributed by atoms with Gasteiger partial charge in [0.2, 0.25) is 0 Å². The maximum absolute atomic E-state index is 13.3. The van der Waals surface area contributed by atoms with E-state index in [1.54, 1.807) is 56.7 Å². The largest absolute Gasteiger partial charge is 0.507 e. The summed E-state index contributed by atoms with van der Waals surface area (Å²) in [7, 11) is 4.61. The van der Waals surface area contributed by atoms with E-state index in [0.29, 0.717) is 54.7 Å². The van der Waals surface area contributed by atoms with Crippen LogP contribution in [0.2, 0.25) is 0 Å². The van der Waals surface area contributed by atoms with E-state index in [0.717, 1.165) is 13.1 Å². The number of benzene rings is 2. The standard InChI is InChI=1S/C26H30N2O7/c1-32-18-6-4-17(5-7-18)24(29)22-23(20-9-8-19(33-2)16-21(20)34-3)28(26(31)25(22)30)11-10-27-12-14-35-15-13-27/h4-9,16,23,29H,10-15H2,1-3H3/b24-22+/t23-/m1/s1. The normalized spacial score (nSPS) is 20.2. The number of carbonyl (C=O) groups excluding carboxylic acids is 2. The molecule has 0 unspecified atom stereocenters. The third-order valence-corrected chi connectivity index (χ3v) is 6.40. The first-order valence-corrected chi connectivity index (χ1v) is 11.4. The van der Waals surface area contributed by atoms with Gasteiger partial charge in [0.15, 0.2) is 0 Å². The van der Waals surface area contributed by atoms with Gasteiger partial charge in [-0.3, -0.25) is 14.5 Å². The molecule has 9 heteroatoms. The number of aliphatic hydroxyl groups is 1. The molecule has 1 amide bonds. The predicted molar refractivity (Wildman–Crippen MR) is 129 cm³/mol. The lowest BCUT2D eigenvalue weighted by atomic mass is 9.94. The number of ether oxygens (including phenoxy) is 4. The van der Waals surface area contributed by atoms with Crippen molar-refractivity contribution in [2.75, 3.05) is 60.7 Å². The maximum Gasteiger partial charge on any atom is 0.295 e.